The van der Waals surface area contributed by atoms with E-state index in [0.717, 1.165) is 12.1 Å². The molecule has 0 radical (unpaired) electrons. The van der Waals surface area contributed by atoms with Crippen LogP contribution in [0, 0.1) is 29.1 Å². The zero-order valence-corrected chi connectivity index (χ0v) is 17.7. The van der Waals surface area contributed by atoms with Gasteiger partial charge in [0.25, 0.3) is 5.91 Å². The molecule has 0 saturated carbocycles. The van der Waals surface area contributed by atoms with Crippen molar-refractivity contribution in [3.63, 3.8) is 0 Å². The van der Waals surface area contributed by atoms with Crippen molar-refractivity contribution in [1.82, 2.24) is 4.90 Å². The van der Waals surface area contributed by atoms with E-state index in [-0.39, 0.29) is 30.0 Å². The monoisotopic (exact) mass is 460 g/mol. The topological polar surface area (TPSA) is 104 Å². The van der Waals surface area contributed by atoms with E-state index < -0.39 is 29.1 Å². The number of hydrogen-bond acceptors (Lipinski definition) is 5. The number of nitriles is 1. The van der Waals surface area contributed by atoms with Gasteiger partial charge in [-0.15, -0.1) is 0 Å². The standard InChI is InChI=1S/C23H23F3N4O3/c24-23(25,26)19-10-16(4-3-15(19)11-27)30-12-17(18(13-30)21(28)31)14-5-7-29(8-6-14)22(32)20-2-1-9-33-20/h1-4,9-10,14,17-18H,5-8,12-13H2,(H2,28,31). The minimum Gasteiger partial charge on any atom is -0.459 e. The van der Waals surface area contributed by atoms with Gasteiger partial charge in [0.2, 0.25) is 5.91 Å². The number of alkyl halides is 3. The predicted octanol–water partition coefficient (Wildman–Crippen LogP) is 3.26. The Morgan fingerprint density at radius 2 is 1.88 bits per heavy atom. The van der Waals surface area contributed by atoms with Gasteiger partial charge in [0, 0.05) is 31.9 Å². The second kappa shape index (κ2) is 8.81. The number of likely N-dealkylation sites (tertiary alicyclic amines) is 1. The Balaban J connectivity index is 1.49. The highest BCUT2D eigenvalue weighted by Crippen LogP contribution is 2.40. The van der Waals surface area contributed by atoms with Crippen LogP contribution in [0.4, 0.5) is 18.9 Å². The number of primary amides is 1. The smallest absolute Gasteiger partial charge is 0.417 e. The molecule has 33 heavy (non-hydrogen) atoms. The van der Waals surface area contributed by atoms with Crippen LogP contribution < -0.4 is 10.6 Å². The fourth-order valence-corrected chi connectivity index (χ4v) is 4.97. The zero-order valence-electron chi connectivity index (χ0n) is 17.7. The Hall–Kier alpha value is -3.48. The molecule has 2 aliphatic heterocycles. The average Bonchev–Trinajstić information content (AvgIpc) is 3.48. The summed E-state index contributed by atoms with van der Waals surface area (Å²) in [5.41, 5.74) is 4.52. The number of carbonyl (C=O) groups is 2. The summed E-state index contributed by atoms with van der Waals surface area (Å²) in [6, 6.07) is 8.43. The second-order valence-corrected chi connectivity index (χ2v) is 8.52. The maximum Gasteiger partial charge on any atom is 0.417 e. The number of rotatable bonds is 4. The van der Waals surface area contributed by atoms with Crippen molar-refractivity contribution in [3.8, 4) is 6.07 Å². The third-order valence-corrected chi connectivity index (χ3v) is 6.69. The molecule has 2 fully saturated rings. The lowest BCUT2D eigenvalue weighted by molar-refractivity contribution is -0.137. The molecule has 2 N–H and O–H groups in total. The minimum absolute atomic E-state index is 0.105. The Labute approximate surface area is 188 Å². The van der Waals surface area contributed by atoms with Crippen LogP contribution in [-0.4, -0.2) is 42.9 Å². The van der Waals surface area contributed by atoms with Crippen molar-refractivity contribution in [2.45, 2.75) is 19.0 Å². The molecule has 174 valence electrons. The number of anilines is 1. The van der Waals surface area contributed by atoms with Crippen molar-refractivity contribution < 1.29 is 27.2 Å². The molecule has 3 heterocycles. The fraction of sp³-hybridized carbons (Fsp3) is 0.435. The van der Waals surface area contributed by atoms with Gasteiger partial charge in [0.15, 0.2) is 5.76 Å². The van der Waals surface area contributed by atoms with Crippen molar-refractivity contribution in [2.75, 3.05) is 31.1 Å². The van der Waals surface area contributed by atoms with E-state index in [9.17, 15) is 22.8 Å². The number of furan rings is 1. The number of halogens is 3. The molecular weight excluding hydrogens is 437 g/mol. The van der Waals surface area contributed by atoms with E-state index in [4.69, 9.17) is 15.4 Å². The van der Waals surface area contributed by atoms with Gasteiger partial charge in [-0.2, -0.15) is 18.4 Å². The molecule has 1 aromatic heterocycles. The van der Waals surface area contributed by atoms with Crippen LogP contribution in [0.5, 0.6) is 0 Å². The third-order valence-electron chi connectivity index (χ3n) is 6.69. The lowest BCUT2D eigenvalue weighted by Crippen LogP contribution is -2.42. The fourth-order valence-electron chi connectivity index (χ4n) is 4.97. The Morgan fingerprint density at radius 3 is 2.45 bits per heavy atom. The van der Waals surface area contributed by atoms with E-state index in [2.05, 4.69) is 0 Å². The van der Waals surface area contributed by atoms with Crippen molar-refractivity contribution in [3.05, 3.63) is 53.5 Å². The first-order chi connectivity index (χ1) is 15.7. The van der Waals surface area contributed by atoms with Crippen molar-refractivity contribution >= 4 is 17.5 Å². The molecule has 2 atom stereocenters. The first kappa shape index (κ1) is 22.7. The first-order valence-electron chi connectivity index (χ1n) is 10.7. The van der Waals surface area contributed by atoms with Gasteiger partial charge in [0.1, 0.15) is 0 Å². The van der Waals surface area contributed by atoms with E-state index in [1.54, 1.807) is 28.0 Å². The molecular formula is C23H23F3N4O3. The molecule has 2 saturated heterocycles. The van der Waals surface area contributed by atoms with Crippen LogP contribution in [0.1, 0.15) is 34.5 Å². The Kier molecular flexibility index (Phi) is 6.06. The summed E-state index contributed by atoms with van der Waals surface area (Å²) < 4.78 is 45.4. The summed E-state index contributed by atoms with van der Waals surface area (Å²) in [6.45, 7) is 1.60. The van der Waals surface area contributed by atoms with E-state index in [0.29, 0.717) is 38.2 Å². The predicted molar refractivity (Wildman–Crippen MR) is 112 cm³/mol. The molecule has 7 nitrogen and oxygen atoms in total. The summed E-state index contributed by atoms with van der Waals surface area (Å²) in [7, 11) is 0. The third kappa shape index (κ3) is 4.53. The summed E-state index contributed by atoms with van der Waals surface area (Å²) in [4.78, 5) is 28.1. The molecule has 0 spiro atoms. The highest BCUT2D eigenvalue weighted by atomic mass is 19.4. The molecule has 2 amide bonds. The summed E-state index contributed by atoms with van der Waals surface area (Å²) in [5.74, 6) is -0.928. The molecule has 4 rings (SSSR count). The lowest BCUT2D eigenvalue weighted by atomic mass is 9.78. The van der Waals surface area contributed by atoms with E-state index >= 15 is 0 Å². The number of nitrogens with two attached hydrogens (primary N) is 1. The molecule has 2 aliphatic rings. The molecule has 0 bridgehead atoms. The number of nitrogens with zero attached hydrogens (tertiary/aromatic N) is 3. The van der Waals surface area contributed by atoms with Gasteiger partial charge in [-0.3, -0.25) is 9.59 Å². The Morgan fingerprint density at radius 1 is 1.15 bits per heavy atom. The molecule has 2 aromatic rings. The first-order valence-corrected chi connectivity index (χ1v) is 10.7. The highest BCUT2D eigenvalue weighted by Gasteiger charge is 2.43. The van der Waals surface area contributed by atoms with Crippen LogP contribution in [0.3, 0.4) is 0 Å². The minimum atomic E-state index is -4.66. The van der Waals surface area contributed by atoms with Crippen LogP contribution in [0.15, 0.2) is 41.0 Å². The van der Waals surface area contributed by atoms with Crippen LogP contribution in [-0.2, 0) is 11.0 Å². The summed E-state index contributed by atoms with van der Waals surface area (Å²) in [5, 5.41) is 9.03. The lowest BCUT2D eigenvalue weighted by Gasteiger charge is -2.35. The molecule has 0 aliphatic carbocycles. The van der Waals surface area contributed by atoms with Crippen LogP contribution in [0.25, 0.3) is 0 Å². The number of carbonyl (C=O) groups excluding carboxylic acids is 2. The van der Waals surface area contributed by atoms with Crippen molar-refractivity contribution in [2.24, 2.45) is 23.5 Å². The normalized spacial score (nSPS) is 21.8. The number of amides is 2. The Bertz CT molecular complexity index is 1070. The van der Waals surface area contributed by atoms with E-state index in [1.807, 2.05) is 0 Å². The largest absolute Gasteiger partial charge is 0.459 e. The maximum atomic E-state index is 13.4. The SMILES string of the molecule is N#Cc1ccc(N2CC(C(N)=O)C(C3CCN(C(=O)c4ccco4)CC3)C2)cc1C(F)(F)F. The van der Waals surface area contributed by atoms with Gasteiger partial charge < -0.3 is 20.0 Å². The quantitative estimate of drug-likeness (QED) is 0.754. The average molecular weight is 460 g/mol. The van der Waals surface area contributed by atoms with Crippen LogP contribution >= 0.6 is 0 Å². The van der Waals surface area contributed by atoms with Gasteiger partial charge in [-0.05, 0) is 55.0 Å². The number of benzene rings is 1. The molecule has 10 heteroatoms. The maximum absolute atomic E-state index is 13.4. The summed E-state index contributed by atoms with van der Waals surface area (Å²) in [6.07, 6.45) is -1.89. The van der Waals surface area contributed by atoms with Gasteiger partial charge in [0.05, 0.1) is 29.4 Å². The zero-order chi connectivity index (χ0) is 23.8. The van der Waals surface area contributed by atoms with Gasteiger partial charge >= 0.3 is 6.18 Å². The number of piperidine rings is 1. The number of hydrogen-bond donors (Lipinski definition) is 1. The molecule has 2 unspecified atom stereocenters. The summed E-state index contributed by atoms with van der Waals surface area (Å²) >= 11 is 0. The van der Waals surface area contributed by atoms with Gasteiger partial charge in [-0.25, -0.2) is 0 Å². The van der Waals surface area contributed by atoms with E-state index in [1.165, 1.54) is 12.3 Å². The van der Waals surface area contributed by atoms with Crippen molar-refractivity contribution in [1.29, 1.82) is 5.26 Å². The van der Waals surface area contributed by atoms with Gasteiger partial charge in [-0.1, -0.05) is 0 Å². The molecule has 1 aromatic carbocycles. The highest BCUT2D eigenvalue weighted by molar-refractivity contribution is 5.91. The second-order valence-electron chi connectivity index (χ2n) is 8.52. The van der Waals surface area contributed by atoms with Crippen LogP contribution in [0.2, 0.25) is 0 Å².